The van der Waals surface area contributed by atoms with Crippen molar-refractivity contribution in [2.45, 2.75) is 37.3 Å². The van der Waals surface area contributed by atoms with Crippen molar-refractivity contribution < 1.29 is 19.7 Å². The lowest BCUT2D eigenvalue weighted by Crippen LogP contribution is -2.57. The Morgan fingerprint density at radius 3 is 1.42 bits per heavy atom. The van der Waals surface area contributed by atoms with Gasteiger partial charge in [0.25, 0.3) is 0 Å². The quantitative estimate of drug-likeness (QED) is 0.554. The lowest BCUT2D eigenvalue weighted by atomic mass is 9.81. The minimum atomic E-state index is -1.20. The minimum Gasteiger partial charge on any atom is -0.384 e. The predicted molar refractivity (Wildman–Crippen MR) is 40.7 cm³/mol. The van der Waals surface area contributed by atoms with Gasteiger partial charge in [0.15, 0.2) is 0 Å². The van der Waals surface area contributed by atoms with Crippen LogP contribution in [0, 0.1) is 0 Å². The molecule has 0 aliphatic carbocycles. The van der Waals surface area contributed by atoms with Crippen LogP contribution < -0.4 is 0 Å². The maximum absolute atomic E-state index is 9.94. The molecule has 0 aromatic carbocycles. The Morgan fingerprint density at radius 1 is 1.00 bits per heavy atom. The van der Waals surface area contributed by atoms with Crippen LogP contribution in [0.1, 0.15) is 13.8 Å². The molecule has 2 aliphatic heterocycles. The lowest BCUT2D eigenvalue weighted by molar-refractivity contribution is -0.153. The van der Waals surface area contributed by atoms with Gasteiger partial charge in [-0.25, -0.2) is 0 Å². The maximum Gasteiger partial charge on any atom is 0.121 e. The van der Waals surface area contributed by atoms with Crippen LogP contribution in [0.4, 0.5) is 0 Å². The number of ether oxygens (including phenoxy) is 2. The molecule has 0 bridgehead atoms. The third kappa shape index (κ3) is 1.07. The Bertz CT molecular complexity index is 169. The number of hydrogen-bond acceptors (Lipinski definition) is 4. The first-order chi connectivity index (χ1) is 5.46. The van der Waals surface area contributed by atoms with E-state index in [0.29, 0.717) is 13.2 Å². The molecule has 0 amide bonds. The Morgan fingerprint density at radius 2 is 1.25 bits per heavy atom. The van der Waals surface area contributed by atoms with Gasteiger partial charge in [-0.05, 0) is 13.8 Å². The monoisotopic (exact) mass is 174 g/mol. The third-order valence-corrected chi connectivity index (χ3v) is 2.95. The van der Waals surface area contributed by atoms with Crippen LogP contribution in [0.2, 0.25) is 0 Å². The Kier molecular flexibility index (Phi) is 1.55. The molecule has 4 atom stereocenters. The highest BCUT2D eigenvalue weighted by Gasteiger charge is 2.60. The highest BCUT2D eigenvalue weighted by Crippen LogP contribution is 2.40. The smallest absolute Gasteiger partial charge is 0.121 e. The summed E-state index contributed by atoms with van der Waals surface area (Å²) in [5, 5.41) is 19.9. The van der Waals surface area contributed by atoms with Gasteiger partial charge in [0.2, 0.25) is 0 Å². The molecule has 2 heterocycles. The molecule has 0 saturated carbocycles. The van der Waals surface area contributed by atoms with E-state index in [1.807, 2.05) is 0 Å². The summed E-state index contributed by atoms with van der Waals surface area (Å²) in [5.74, 6) is 0. The molecule has 0 aromatic heterocycles. The molecule has 12 heavy (non-hydrogen) atoms. The van der Waals surface area contributed by atoms with E-state index < -0.39 is 11.2 Å². The van der Waals surface area contributed by atoms with Gasteiger partial charge >= 0.3 is 0 Å². The average Bonchev–Trinajstić information content (AvgIpc) is 2.82. The standard InChI is InChI=1S/C8H14O4/c1-7(9,5-3-11-5)8(2,10)6-4-12-6/h5-6,9-10H,3-4H2,1-2H3. The molecule has 0 radical (unpaired) electrons. The summed E-state index contributed by atoms with van der Waals surface area (Å²) in [6, 6.07) is 0. The van der Waals surface area contributed by atoms with Crippen LogP contribution >= 0.6 is 0 Å². The first kappa shape index (κ1) is 8.44. The molecule has 4 heteroatoms. The van der Waals surface area contributed by atoms with E-state index >= 15 is 0 Å². The van der Waals surface area contributed by atoms with E-state index in [1.54, 1.807) is 13.8 Å². The second-order valence-electron chi connectivity index (χ2n) is 3.94. The van der Waals surface area contributed by atoms with Crippen LogP contribution in [0.5, 0.6) is 0 Å². The molecule has 2 saturated heterocycles. The van der Waals surface area contributed by atoms with Crippen LogP contribution in [-0.2, 0) is 9.47 Å². The van der Waals surface area contributed by atoms with Crippen molar-refractivity contribution in [3.05, 3.63) is 0 Å². The first-order valence-electron chi connectivity index (χ1n) is 4.14. The molecule has 70 valence electrons. The van der Waals surface area contributed by atoms with Crippen molar-refractivity contribution >= 4 is 0 Å². The van der Waals surface area contributed by atoms with E-state index in [0.717, 1.165) is 0 Å². The number of aliphatic hydroxyl groups is 2. The third-order valence-electron chi connectivity index (χ3n) is 2.95. The summed E-state index contributed by atoms with van der Waals surface area (Å²) in [6.07, 6.45) is -0.478. The van der Waals surface area contributed by atoms with Crippen LogP contribution in [0.15, 0.2) is 0 Å². The fourth-order valence-corrected chi connectivity index (χ4v) is 1.40. The zero-order valence-electron chi connectivity index (χ0n) is 7.28. The number of epoxide rings is 2. The number of hydrogen-bond donors (Lipinski definition) is 2. The van der Waals surface area contributed by atoms with E-state index in [-0.39, 0.29) is 12.2 Å². The zero-order chi connectivity index (χ0) is 8.98. The van der Waals surface area contributed by atoms with Gasteiger partial charge < -0.3 is 19.7 Å². The van der Waals surface area contributed by atoms with E-state index in [4.69, 9.17) is 9.47 Å². The van der Waals surface area contributed by atoms with Gasteiger partial charge in [-0.1, -0.05) is 0 Å². The Balaban J connectivity index is 2.13. The predicted octanol–water partition coefficient (Wildman–Crippen LogP) is -0.714. The fourth-order valence-electron chi connectivity index (χ4n) is 1.40. The summed E-state index contributed by atoms with van der Waals surface area (Å²) < 4.78 is 9.94. The van der Waals surface area contributed by atoms with Crippen molar-refractivity contribution in [2.75, 3.05) is 13.2 Å². The summed E-state index contributed by atoms with van der Waals surface area (Å²) >= 11 is 0. The van der Waals surface area contributed by atoms with E-state index in [9.17, 15) is 10.2 Å². The Hall–Kier alpha value is -0.160. The van der Waals surface area contributed by atoms with Gasteiger partial charge in [0.05, 0.1) is 13.2 Å². The molecule has 0 aromatic rings. The molecule has 4 unspecified atom stereocenters. The molecule has 0 spiro atoms. The minimum absolute atomic E-state index is 0.239. The summed E-state index contributed by atoms with van der Waals surface area (Å²) in [7, 11) is 0. The van der Waals surface area contributed by atoms with Gasteiger partial charge in [0, 0.05) is 0 Å². The zero-order valence-corrected chi connectivity index (χ0v) is 7.28. The van der Waals surface area contributed by atoms with Crippen LogP contribution in [0.3, 0.4) is 0 Å². The SMILES string of the molecule is CC(O)(C1CO1)C(C)(O)C1CO1. The van der Waals surface area contributed by atoms with Gasteiger partial charge in [-0.15, -0.1) is 0 Å². The van der Waals surface area contributed by atoms with Gasteiger partial charge in [-0.2, -0.15) is 0 Å². The van der Waals surface area contributed by atoms with E-state index in [2.05, 4.69) is 0 Å². The summed E-state index contributed by atoms with van der Waals surface area (Å²) in [6.45, 7) is 4.23. The van der Waals surface area contributed by atoms with Crippen molar-refractivity contribution in [3.8, 4) is 0 Å². The molecule has 2 rings (SSSR count). The van der Waals surface area contributed by atoms with Crippen molar-refractivity contribution in [2.24, 2.45) is 0 Å². The van der Waals surface area contributed by atoms with Crippen LogP contribution in [-0.4, -0.2) is 46.8 Å². The Labute approximate surface area is 71.1 Å². The van der Waals surface area contributed by atoms with Crippen LogP contribution in [0.25, 0.3) is 0 Å². The highest BCUT2D eigenvalue weighted by molar-refractivity contribution is 5.09. The number of rotatable bonds is 3. The molecular weight excluding hydrogens is 160 g/mol. The molecule has 2 N–H and O–H groups in total. The fraction of sp³-hybridized carbons (Fsp3) is 1.00. The van der Waals surface area contributed by atoms with Crippen molar-refractivity contribution in [1.82, 2.24) is 0 Å². The molecule has 4 nitrogen and oxygen atoms in total. The van der Waals surface area contributed by atoms with Gasteiger partial charge in [-0.3, -0.25) is 0 Å². The first-order valence-corrected chi connectivity index (χ1v) is 4.14. The second kappa shape index (κ2) is 2.20. The summed E-state index contributed by atoms with van der Waals surface area (Å²) in [5.41, 5.74) is -2.40. The molecule has 2 fully saturated rings. The molecule has 2 aliphatic rings. The summed E-state index contributed by atoms with van der Waals surface area (Å²) in [4.78, 5) is 0. The molecular formula is C8H14O4. The van der Waals surface area contributed by atoms with Crippen molar-refractivity contribution in [3.63, 3.8) is 0 Å². The largest absolute Gasteiger partial charge is 0.384 e. The topological polar surface area (TPSA) is 65.5 Å². The van der Waals surface area contributed by atoms with E-state index in [1.165, 1.54) is 0 Å². The van der Waals surface area contributed by atoms with Gasteiger partial charge in [0.1, 0.15) is 23.4 Å². The lowest BCUT2D eigenvalue weighted by Gasteiger charge is -2.36. The second-order valence-corrected chi connectivity index (χ2v) is 3.94. The average molecular weight is 174 g/mol. The maximum atomic E-state index is 9.94. The van der Waals surface area contributed by atoms with Crippen molar-refractivity contribution in [1.29, 1.82) is 0 Å². The highest BCUT2D eigenvalue weighted by atomic mass is 16.6. The normalized spacial score (nSPS) is 43.0.